The molecule has 0 saturated heterocycles. The molecule has 0 aliphatic heterocycles. The maximum absolute atomic E-state index is 13.2. The zero-order valence-electron chi connectivity index (χ0n) is 12.8. The van der Waals surface area contributed by atoms with E-state index in [1.807, 2.05) is 30.3 Å². The van der Waals surface area contributed by atoms with Crippen LogP contribution in [0.15, 0.2) is 52.9 Å². The molecule has 0 unspecified atom stereocenters. The number of nitrogens with zero attached hydrogens (tertiary/aromatic N) is 1. The lowest BCUT2D eigenvalue weighted by atomic mass is 10.1. The van der Waals surface area contributed by atoms with Crippen LogP contribution in [0.5, 0.6) is 0 Å². The first kappa shape index (κ1) is 15.9. The standard InChI is InChI=1S/C18H14F2N2O2/c1-11-17(12-5-3-2-4-6-12)22-16(24-11)10-21-18(23)13-7-8-14(19)15(20)9-13/h2-9H,10H2,1H3,(H,21,23). The molecule has 122 valence electrons. The van der Waals surface area contributed by atoms with Gasteiger partial charge in [0.1, 0.15) is 11.5 Å². The number of carbonyl (C=O) groups excluding carboxylic acids is 1. The fourth-order valence-electron chi connectivity index (χ4n) is 2.29. The Bertz CT molecular complexity index is 876. The Morgan fingerprint density at radius 2 is 1.88 bits per heavy atom. The molecule has 0 saturated carbocycles. The van der Waals surface area contributed by atoms with E-state index in [9.17, 15) is 13.6 Å². The lowest BCUT2D eigenvalue weighted by Crippen LogP contribution is -2.23. The van der Waals surface area contributed by atoms with Crippen LogP contribution in [0, 0.1) is 18.6 Å². The molecule has 1 N–H and O–H groups in total. The van der Waals surface area contributed by atoms with E-state index in [2.05, 4.69) is 10.3 Å². The monoisotopic (exact) mass is 328 g/mol. The maximum atomic E-state index is 13.2. The van der Waals surface area contributed by atoms with Crippen molar-refractivity contribution < 1.29 is 18.0 Å². The van der Waals surface area contributed by atoms with Gasteiger partial charge in [-0.25, -0.2) is 13.8 Å². The van der Waals surface area contributed by atoms with Crippen molar-refractivity contribution in [1.29, 1.82) is 0 Å². The lowest BCUT2D eigenvalue weighted by Gasteiger charge is -2.03. The number of benzene rings is 2. The predicted octanol–water partition coefficient (Wildman–Crippen LogP) is 3.86. The van der Waals surface area contributed by atoms with Crippen LogP contribution in [0.3, 0.4) is 0 Å². The first-order chi connectivity index (χ1) is 11.5. The molecule has 3 aromatic rings. The average Bonchev–Trinajstić information content (AvgIpc) is 2.97. The highest BCUT2D eigenvalue weighted by Crippen LogP contribution is 2.22. The number of hydrogen-bond acceptors (Lipinski definition) is 3. The molecule has 1 heterocycles. The zero-order chi connectivity index (χ0) is 17.1. The number of hydrogen-bond donors (Lipinski definition) is 1. The number of rotatable bonds is 4. The van der Waals surface area contributed by atoms with Gasteiger partial charge in [-0.3, -0.25) is 4.79 Å². The van der Waals surface area contributed by atoms with Crippen molar-refractivity contribution in [2.75, 3.05) is 0 Å². The molecule has 0 radical (unpaired) electrons. The quantitative estimate of drug-likeness (QED) is 0.791. The van der Waals surface area contributed by atoms with Gasteiger partial charge in [0.05, 0.1) is 6.54 Å². The minimum absolute atomic E-state index is 0.0282. The van der Waals surface area contributed by atoms with Crippen LogP contribution in [0.1, 0.15) is 22.0 Å². The summed E-state index contributed by atoms with van der Waals surface area (Å²) in [7, 11) is 0. The van der Waals surface area contributed by atoms with Crippen LogP contribution in [0.25, 0.3) is 11.3 Å². The Labute approximate surface area is 137 Å². The molecule has 24 heavy (non-hydrogen) atoms. The molecule has 1 amide bonds. The number of halogens is 2. The smallest absolute Gasteiger partial charge is 0.251 e. The molecular weight excluding hydrogens is 314 g/mol. The fourth-order valence-corrected chi connectivity index (χ4v) is 2.29. The van der Waals surface area contributed by atoms with Crippen molar-refractivity contribution in [1.82, 2.24) is 10.3 Å². The van der Waals surface area contributed by atoms with Crippen LogP contribution < -0.4 is 5.32 Å². The minimum Gasteiger partial charge on any atom is -0.443 e. The Kier molecular flexibility index (Phi) is 4.37. The van der Waals surface area contributed by atoms with Gasteiger partial charge >= 0.3 is 0 Å². The molecule has 0 aliphatic carbocycles. The van der Waals surface area contributed by atoms with E-state index in [0.29, 0.717) is 17.3 Å². The third-order valence-electron chi connectivity index (χ3n) is 3.47. The molecule has 0 spiro atoms. The van der Waals surface area contributed by atoms with E-state index in [4.69, 9.17) is 4.42 Å². The Hall–Kier alpha value is -3.02. The molecular formula is C18H14F2N2O2. The molecule has 0 fully saturated rings. The van der Waals surface area contributed by atoms with Gasteiger partial charge in [0.2, 0.25) is 5.89 Å². The van der Waals surface area contributed by atoms with Crippen molar-refractivity contribution in [3.8, 4) is 11.3 Å². The van der Waals surface area contributed by atoms with Crippen molar-refractivity contribution in [2.24, 2.45) is 0 Å². The molecule has 1 aromatic heterocycles. The Morgan fingerprint density at radius 1 is 1.12 bits per heavy atom. The third kappa shape index (κ3) is 3.32. The summed E-state index contributed by atoms with van der Waals surface area (Å²) in [5.41, 5.74) is 1.64. The summed E-state index contributed by atoms with van der Waals surface area (Å²) in [6.45, 7) is 1.83. The van der Waals surface area contributed by atoms with E-state index < -0.39 is 17.5 Å². The van der Waals surface area contributed by atoms with Gasteiger partial charge in [-0.15, -0.1) is 0 Å². The normalized spacial score (nSPS) is 10.6. The second kappa shape index (κ2) is 6.62. The summed E-state index contributed by atoms with van der Waals surface area (Å²) in [6, 6.07) is 12.5. The number of aromatic nitrogens is 1. The molecule has 0 aliphatic rings. The number of amides is 1. The van der Waals surface area contributed by atoms with Gasteiger partial charge in [-0.2, -0.15) is 0 Å². The van der Waals surface area contributed by atoms with Crippen molar-refractivity contribution in [3.63, 3.8) is 0 Å². The van der Waals surface area contributed by atoms with E-state index >= 15 is 0 Å². The van der Waals surface area contributed by atoms with Crippen LogP contribution in [-0.4, -0.2) is 10.9 Å². The van der Waals surface area contributed by atoms with Gasteiger partial charge in [0.25, 0.3) is 5.91 Å². The third-order valence-corrected chi connectivity index (χ3v) is 3.47. The van der Waals surface area contributed by atoms with E-state index in [1.54, 1.807) is 6.92 Å². The second-order valence-electron chi connectivity index (χ2n) is 5.19. The molecule has 6 heteroatoms. The largest absolute Gasteiger partial charge is 0.443 e. The van der Waals surface area contributed by atoms with E-state index in [0.717, 1.165) is 17.7 Å². The van der Waals surface area contributed by atoms with Crippen LogP contribution in [-0.2, 0) is 6.54 Å². The van der Waals surface area contributed by atoms with Gasteiger partial charge in [-0.1, -0.05) is 30.3 Å². The summed E-state index contributed by atoms with van der Waals surface area (Å²) < 4.78 is 31.6. The molecule has 2 aromatic carbocycles. The topological polar surface area (TPSA) is 55.1 Å². The molecule has 4 nitrogen and oxygen atoms in total. The Morgan fingerprint density at radius 3 is 2.58 bits per heavy atom. The van der Waals surface area contributed by atoms with Gasteiger partial charge in [-0.05, 0) is 25.1 Å². The minimum atomic E-state index is -1.07. The molecule has 0 bridgehead atoms. The highest BCUT2D eigenvalue weighted by atomic mass is 19.2. The fraction of sp³-hybridized carbons (Fsp3) is 0.111. The lowest BCUT2D eigenvalue weighted by molar-refractivity contribution is 0.0946. The zero-order valence-corrected chi connectivity index (χ0v) is 12.8. The van der Waals surface area contributed by atoms with Gasteiger partial charge < -0.3 is 9.73 Å². The molecule has 0 atom stereocenters. The summed E-state index contributed by atoms with van der Waals surface area (Å²) in [5.74, 6) is -1.63. The number of nitrogens with one attached hydrogen (secondary N) is 1. The van der Waals surface area contributed by atoms with Gasteiger partial charge in [0.15, 0.2) is 11.6 Å². The summed E-state index contributed by atoms with van der Waals surface area (Å²) in [5, 5.41) is 2.57. The van der Waals surface area contributed by atoms with E-state index in [-0.39, 0.29) is 12.1 Å². The average molecular weight is 328 g/mol. The maximum Gasteiger partial charge on any atom is 0.251 e. The first-order valence-corrected chi connectivity index (χ1v) is 7.29. The second-order valence-corrected chi connectivity index (χ2v) is 5.19. The first-order valence-electron chi connectivity index (χ1n) is 7.29. The summed E-state index contributed by atoms with van der Waals surface area (Å²) >= 11 is 0. The molecule has 3 rings (SSSR count). The Balaban J connectivity index is 1.71. The van der Waals surface area contributed by atoms with Crippen molar-refractivity contribution in [2.45, 2.75) is 13.5 Å². The van der Waals surface area contributed by atoms with E-state index in [1.165, 1.54) is 6.07 Å². The highest BCUT2D eigenvalue weighted by molar-refractivity contribution is 5.94. The van der Waals surface area contributed by atoms with Gasteiger partial charge in [0, 0.05) is 11.1 Å². The number of oxazole rings is 1. The number of aryl methyl sites for hydroxylation is 1. The summed E-state index contributed by atoms with van der Waals surface area (Å²) in [4.78, 5) is 16.3. The number of carbonyl (C=O) groups is 1. The van der Waals surface area contributed by atoms with Crippen molar-refractivity contribution in [3.05, 3.63) is 77.4 Å². The SMILES string of the molecule is Cc1oc(CNC(=O)c2ccc(F)c(F)c2)nc1-c1ccccc1. The van der Waals surface area contributed by atoms with Crippen LogP contribution >= 0.6 is 0 Å². The predicted molar refractivity (Wildman–Crippen MR) is 84.2 cm³/mol. The van der Waals surface area contributed by atoms with Crippen molar-refractivity contribution >= 4 is 5.91 Å². The van der Waals surface area contributed by atoms with Crippen LogP contribution in [0.4, 0.5) is 8.78 Å². The highest BCUT2D eigenvalue weighted by Gasteiger charge is 2.14. The summed E-state index contributed by atoms with van der Waals surface area (Å²) in [6.07, 6.45) is 0. The van der Waals surface area contributed by atoms with Crippen LogP contribution in [0.2, 0.25) is 0 Å².